The monoisotopic (exact) mass is 667 g/mol. The van der Waals surface area contributed by atoms with Crippen molar-refractivity contribution in [2.24, 2.45) is 0 Å². The molecular weight excluding hydrogens is 613 g/mol. The molecule has 0 radical (unpaired) electrons. The van der Waals surface area contributed by atoms with Crippen molar-refractivity contribution in [3.8, 4) is 51.0 Å². The molecule has 0 aliphatic carbocycles. The van der Waals surface area contributed by atoms with Crippen LogP contribution in [-0.4, -0.2) is 19.5 Å². The van der Waals surface area contributed by atoms with Gasteiger partial charge in [-0.1, -0.05) is 133 Å². The van der Waals surface area contributed by atoms with Crippen molar-refractivity contribution in [3.63, 3.8) is 0 Å². The molecule has 0 amide bonds. The standard InChI is InChI=1S/C45H28N4O/c1-4-14-29(15-5-1)33-21-13-25-40-41(33)35-22-12-24-39(42(35)50-40)49-37-23-11-10-20-34(37)36-28-32(26-27-38(36)49)45-47-43(30-16-6-2-7-17-30)46-44(48-45)31-18-8-3-9-19-31/h1-28H/i1D,2D,3D,4D,5D,6D,7D,8D,9D,10D,11D,12D,13D,14D,15D,16D,17D,18D,19D,20D,21D,22D,23D,25D,26D,27D,28D. The minimum Gasteiger partial charge on any atom is -0.454 e. The van der Waals surface area contributed by atoms with Crippen molar-refractivity contribution in [2.75, 3.05) is 0 Å². The summed E-state index contributed by atoms with van der Waals surface area (Å²) < 4.78 is 244. The number of nitrogens with zero attached hydrogens (tertiary/aromatic N) is 4. The topological polar surface area (TPSA) is 56.7 Å². The number of aromatic nitrogens is 4. The Balaban J connectivity index is 1.40. The molecule has 3 heterocycles. The van der Waals surface area contributed by atoms with Gasteiger partial charge in [0, 0.05) is 38.2 Å². The second kappa shape index (κ2) is 11.4. The maximum Gasteiger partial charge on any atom is 0.164 e. The highest BCUT2D eigenvalue weighted by atomic mass is 16.3. The predicted octanol–water partition coefficient (Wildman–Crippen LogP) is 11.5. The molecule has 0 bridgehead atoms. The summed E-state index contributed by atoms with van der Waals surface area (Å²) in [7, 11) is 0. The van der Waals surface area contributed by atoms with E-state index in [0.717, 1.165) is 10.6 Å². The number of fused-ring (bicyclic) bond motifs is 6. The molecule has 0 N–H and O–H groups in total. The molecule has 10 aromatic rings. The van der Waals surface area contributed by atoms with Crippen LogP contribution in [0.1, 0.15) is 37.0 Å². The van der Waals surface area contributed by atoms with Gasteiger partial charge in [0.05, 0.1) is 53.7 Å². The highest BCUT2D eigenvalue weighted by molar-refractivity contribution is 6.16. The molecule has 0 aliphatic rings. The molecule has 10 rings (SSSR count). The summed E-state index contributed by atoms with van der Waals surface area (Å²) in [5.41, 5.74) is -6.08. The van der Waals surface area contributed by atoms with E-state index in [2.05, 4.69) is 15.0 Å². The van der Waals surface area contributed by atoms with Gasteiger partial charge in [-0.3, -0.25) is 0 Å². The highest BCUT2D eigenvalue weighted by Gasteiger charge is 2.20. The summed E-state index contributed by atoms with van der Waals surface area (Å²) in [6.07, 6.45) is 0. The maximum absolute atomic E-state index is 9.87. The average Bonchev–Trinajstić information content (AvgIpc) is 4.06. The van der Waals surface area contributed by atoms with Crippen LogP contribution in [0.5, 0.6) is 0 Å². The van der Waals surface area contributed by atoms with Gasteiger partial charge in [-0.25, -0.2) is 15.0 Å². The van der Waals surface area contributed by atoms with Crippen molar-refractivity contribution in [1.29, 1.82) is 0 Å². The number of hydrogen-bond acceptors (Lipinski definition) is 4. The van der Waals surface area contributed by atoms with Gasteiger partial charge in [0.2, 0.25) is 0 Å². The summed E-state index contributed by atoms with van der Waals surface area (Å²) >= 11 is 0. The van der Waals surface area contributed by atoms with Gasteiger partial charge in [0.25, 0.3) is 0 Å². The lowest BCUT2D eigenvalue weighted by Crippen LogP contribution is -2.00. The largest absolute Gasteiger partial charge is 0.454 e. The van der Waals surface area contributed by atoms with E-state index in [1.54, 1.807) is 0 Å². The molecule has 0 fully saturated rings. The first-order chi connectivity index (χ1) is 36.0. The summed E-state index contributed by atoms with van der Waals surface area (Å²) in [6.45, 7) is 0. The third kappa shape index (κ3) is 4.52. The van der Waals surface area contributed by atoms with Gasteiger partial charge in [-0.2, -0.15) is 0 Å². The van der Waals surface area contributed by atoms with Crippen LogP contribution < -0.4 is 0 Å². The van der Waals surface area contributed by atoms with Crippen molar-refractivity contribution >= 4 is 43.7 Å². The maximum atomic E-state index is 9.87. The second-order valence-corrected chi connectivity index (χ2v) is 10.4. The lowest BCUT2D eigenvalue weighted by molar-refractivity contribution is 0.666. The fourth-order valence-corrected chi connectivity index (χ4v) is 5.54. The minimum atomic E-state index is -0.981. The Morgan fingerprint density at radius 1 is 0.460 bits per heavy atom. The van der Waals surface area contributed by atoms with E-state index in [1.165, 1.54) is 0 Å². The Kier molecular flexibility index (Phi) is 2.79. The smallest absolute Gasteiger partial charge is 0.164 e. The zero-order valence-electron chi connectivity index (χ0n) is 51.8. The number of hydrogen-bond donors (Lipinski definition) is 0. The third-order valence-electron chi connectivity index (χ3n) is 7.62. The third-order valence-corrected chi connectivity index (χ3v) is 7.62. The zero-order valence-corrected chi connectivity index (χ0v) is 24.8. The van der Waals surface area contributed by atoms with E-state index in [1.807, 2.05) is 0 Å². The van der Waals surface area contributed by atoms with Crippen LogP contribution >= 0.6 is 0 Å². The lowest BCUT2D eigenvalue weighted by Gasteiger charge is -2.10. The molecule has 5 heteroatoms. The van der Waals surface area contributed by atoms with Gasteiger partial charge < -0.3 is 8.98 Å². The molecule has 3 aromatic heterocycles. The van der Waals surface area contributed by atoms with Gasteiger partial charge >= 0.3 is 0 Å². The average molecular weight is 668 g/mol. The lowest BCUT2D eigenvalue weighted by atomic mass is 9.99. The van der Waals surface area contributed by atoms with Gasteiger partial charge in [0.1, 0.15) is 5.58 Å². The quantitative estimate of drug-likeness (QED) is 0.183. The number of para-hydroxylation sites is 2. The van der Waals surface area contributed by atoms with Crippen molar-refractivity contribution in [3.05, 3.63) is 169 Å². The van der Waals surface area contributed by atoms with E-state index in [4.69, 9.17) is 33.2 Å². The number of rotatable bonds is 5. The van der Waals surface area contributed by atoms with Crippen LogP contribution in [0.25, 0.3) is 94.7 Å². The zero-order chi connectivity index (χ0) is 56.5. The molecule has 0 atom stereocenters. The highest BCUT2D eigenvalue weighted by Crippen LogP contribution is 2.41. The summed E-state index contributed by atoms with van der Waals surface area (Å²) in [6, 6.07) is -22.0. The van der Waals surface area contributed by atoms with Crippen LogP contribution in [0, 0.1) is 0 Å². The van der Waals surface area contributed by atoms with Gasteiger partial charge in [-0.15, -0.1) is 0 Å². The predicted molar refractivity (Wildman–Crippen MR) is 203 cm³/mol. The Labute approximate surface area is 325 Å². The molecule has 0 aliphatic heterocycles. The van der Waals surface area contributed by atoms with Crippen LogP contribution in [0.4, 0.5) is 0 Å². The SMILES string of the molecule is [2H]c1cc(-n2c3c([2H])c([2H])c([2H])c([2H])c3c3c([2H])c(-c4nc(-c5c([2H])c([2H])c([2H])c([2H])c5[2H])nc(-c5c([2H])c([2H])c([2H])c([2H])c5[2H])n4)c([2H])c([2H])c32)c2oc3c([2H])c([2H])c([2H])c(-c4c([2H])c([2H])c([2H])c([2H])c4[2H])c3c2c1[2H]. The first-order valence-electron chi connectivity index (χ1n) is 28.0. The molecule has 0 saturated carbocycles. The van der Waals surface area contributed by atoms with Crippen molar-refractivity contribution in [1.82, 2.24) is 19.5 Å². The van der Waals surface area contributed by atoms with Gasteiger partial charge in [0.15, 0.2) is 23.1 Å². The van der Waals surface area contributed by atoms with E-state index in [-0.39, 0.29) is 0 Å². The first-order valence-corrected chi connectivity index (χ1v) is 14.5. The molecule has 50 heavy (non-hydrogen) atoms. The van der Waals surface area contributed by atoms with Crippen molar-refractivity contribution < 1.29 is 41.4 Å². The second-order valence-electron chi connectivity index (χ2n) is 10.4. The van der Waals surface area contributed by atoms with E-state index in [9.17, 15) is 8.22 Å². The fourth-order valence-electron chi connectivity index (χ4n) is 5.54. The molecule has 0 saturated heterocycles. The van der Waals surface area contributed by atoms with E-state index >= 15 is 0 Å². The minimum absolute atomic E-state index is 0.442. The van der Waals surface area contributed by atoms with Crippen LogP contribution in [-0.2, 0) is 0 Å². The van der Waals surface area contributed by atoms with Crippen LogP contribution in [0.15, 0.2) is 174 Å². The molecule has 7 aromatic carbocycles. The molecule has 234 valence electrons. The van der Waals surface area contributed by atoms with E-state index < -0.39 is 258 Å². The number of furan rings is 1. The summed E-state index contributed by atoms with van der Waals surface area (Å²) in [5, 5.41) is -1.98. The summed E-state index contributed by atoms with van der Waals surface area (Å²) in [4.78, 5) is 12.9. The first kappa shape index (κ1) is 12.2. The van der Waals surface area contributed by atoms with Crippen LogP contribution in [0.2, 0.25) is 0 Å². The van der Waals surface area contributed by atoms with Crippen LogP contribution in [0.3, 0.4) is 0 Å². The van der Waals surface area contributed by atoms with E-state index in [0.29, 0.717) is 0 Å². The normalized spacial score (nSPS) is 19.2. The number of benzene rings is 7. The molecule has 5 nitrogen and oxygen atoms in total. The fraction of sp³-hybridized carbons (Fsp3) is 0. The molecular formula is C45H28N4O. The Morgan fingerprint density at radius 2 is 1.04 bits per heavy atom. The molecule has 0 spiro atoms. The molecule has 0 unspecified atom stereocenters. The summed E-state index contributed by atoms with van der Waals surface area (Å²) in [5.74, 6) is -2.42. The Hall–Kier alpha value is -6.85. The van der Waals surface area contributed by atoms with Crippen molar-refractivity contribution in [2.45, 2.75) is 0 Å². The van der Waals surface area contributed by atoms with Gasteiger partial charge in [-0.05, 0) is 47.4 Å². The Morgan fingerprint density at radius 3 is 1.74 bits per heavy atom. The Bertz CT molecular complexity index is 4260.